The molecule has 1 atom stereocenters. The van der Waals surface area contributed by atoms with Crippen LogP contribution in [0.3, 0.4) is 0 Å². The van der Waals surface area contributed by atoms with Gasteiger partial charge in [-0.2, -0.15) is 13.2 Å². The van der Waals surface area contributed by atoms with Gasteiger partial charge in [-0.05, 0) is 68.9 Å². The van der Waals surface area contributed by atoms with Gasteiger partial charge in [0, 0.05) is 69.6 Å². The van der Waals surface area contributed by atoms with E-state index < -0.39 is 17.6 Å². The second-order valence-corrected chi connectivity index (χ2v) is 10.5. The number of nitrogens with one attached hydrogen (secondary N) is 2. The highest BCUT2D eigenvalue weighted by atomic mass is 19.4. The Morgan fingerprint density at radius 3 is 2.62 bits per heavy atom. The summed E-state index contributed by atoms with van der Waals surface area (Å²) >= 11 is 0. The molecule has 0 spiro atoms. The van der Waals surface area contributed by atoms with Gasteiger partial charge in [-0.1, -0.05) is 12.1 Å². The second-order valence-electron chi connectivity index (χ2n) is 10.5. The molecule has 1 saturated heterocycles. The number of anilines is 3. The number of carbonyl (C=O) groups excluding carboxylic acids is 1. The van der Waals surface area contributed by atoms with E-state index in [4.69, 9.17) is 0 Å². The molecule has 1 aliphatic rings. The van der Waals surface area contributed by atoms with Crippen molar-refractivity contribution in [2.75, 3.05) is 37.8 Å². The maximum Gasteiger partial charge on any atom is 0.416 e. The van der Waals surface area contributed by atoms with Crippen LogP contribution in [0.4, 0.5) is 30.5 Å². The molecule has 2 N–H and O–H groups in total. The molecule has 42 heavy (non-hydrogen) atoms. The minimum atomic E-state index is -4.59. The zero-order chi connectivity index (χ0) is 29.9. The number of rotatable bonds is 8. The Hall–Kier alpha value is -4.42. The van der Waals surface area contributed by atoms with Crippen LogP contribution in [0.15, 0.2) is 67.4 Å². The van der Waals surface area contributed by atoms with Gasteiger partial charge in [0.25, 0.3) is 5.91 Å². The average molecular weight is 581 g/mol. The third-order valence-electron chi connectivity index (χ3n) is 7.30. The zero-order valence-electron chi connectivity index (χ0n) is 23.5. The smallest absolute Gasteiger partial charge is 0.324 e. The summed E-state index contributed by atoms with van der Waals surface area (Å²) in [6.45, 7) is 3.47. The summed E-state index contributed by atoms with van der Waals surface area (Å²) in [5, 5.41) is 5.86. The number of aryl methyl sites for hydroxylation is 1. The second kappa shape index (κ2) is 12.2. The van der Waals surface area contributed by atoms with Crippen molar-refractivity contribution in [2.24, 2.45) is 0 Å². The fourth-order valence-corrected chi connectivity index (χ4v) is 4.91. The first kappa shape index (κ1) is 29.1. The van der Waals surface area contributed by atoms with Crippen LogP contribution in [0.2, 0.25) is 0 Å². The standard InChI is InChI=1S/C30H31F3N8O.2H2/c1-19-4-7-23(13-27(19)39-29-36-10-8-26(38-29)22-14-34-18-35-15-22)37-28(42)20-5-6-21(25(12-20)30(31,32)33)16-41-11-9-24(17-41)40(2)3;;/h4-8,10,12-15,18,24H,9,11,16-17H2,1-3H3,(H,37,42)(H,36,38,39);2*1H/t24-;;/m0../s1. The van der Waals surface area contributed by atoms with Crippen molar-refractivity contribution in [3.05, 3.63) is 89.6 Å². The van der Waals surface area contributed by atoms with Crippen molar-refractivity contribution in [1.82, 2.24) is 29.7 Å². The van der Waals surface area contributed by atoms with Crippen LogP contribution in [-0.4, -0.2) is 68.9 Å². The largest absolute Gasteiger partial charge is 0.416 e. The molecule has 2 aromatic heterocycles. The van der Waals surface area contributed by atoms with Crippen molar-refractivity contribution < 1.29 is 20.8 Å². The number of halogens is 3. The van der Waals surface area contributed by atoms with Crippen LogP contribution >= 0.6 is 0 Å². The summed E-state index contributed by atoms with van der Waals surface area (Å²) in [5.41, 5.74) is 2.53. The summed E-state index contributed by atoms with van der Waals surface area (Å²) in [6, 6.07) is 11.0. The Kier molecular flexibility index (Phi) is 8.46. The lowest BCUT2D eigenvalue weighted by Crippen LogP contribution is -2.31. The molecule has 12 heteroatoms. The van der Waals surface area contributed by atoms with Gasteiger partial charge in [0.05, 0.1) is 11.3 Å². The molecule has 2 aromatic carbocycles. The van der Waals surface area contributed by atoms with Crippen molar-refractivity contribution in [2.45, 2.75) is 32.1 Å². The molecular formula is C30H35F3N8O. The lowest BCUT2D eigenvalue weighted by molar-refractivity contribution is -0.138. The molecule has 4 aromatic rings. The maximum absolute atomic E-state index is 14.1. The third-order valence-corrected chi connectivity index (χ3v) is 7.30. The predicted molar refractivity (Wildman–Crippen MR) is 159 cm³/mol. The average Bonchev–Trinajstić information content (AvgIpc) is 3.44. The minimum absolute atomic E-state index is 0. The van der Waals surface area contributed by atoms with E-state index in [9.17, 15) is 18.0 Å². The molecule has 0 radical (unpaired) electrons. The summed E-state index contributed by atoms with van der Waals surface area (Å²) in [4.78, 5) is 34.0. The van der Waals surface area contributed by atoms with Crippen LogP contribution in [-0.2, 0) is 12.7 Å². The number of likely N-dealkylation sites (N-methyl/N-ethyl adjacent to an activating group) is 1. The molecule has 9 nitrogen and oxygen atoms in total. The normalized spacial score (nSPS) is 15.6. The van der Waals surface area contributed by atoms with Crippen LogP contribution in [0.5, 0.6) is 0 Å². The molecular weight excluding hydrogens is 545 g/mol. The van der Waals surface area contributed by atoms with E-state index in [-0.39, 0.29) is 20.5 Å². The monoisotopic (exact) mass is 580 g/mol. The number of hydrogen-bond acceptors (Lipinski definition) is 8. The van der Waals surface area contributed by atoms with E-state index in [1.165, 1.54) is 18.5 Å². The number of alkyl halides is 3. The van der Waals surface area contributed by atoms with E-state index in [0.717, 1.165) is 30.2 Å². The number of likely N-dealkylation sites (tertiary alicyclic amines) is 1. The zero-order valence-corrected chi connectivity index (χ0v) is 23.5. The molecule has 222 valence electrons. The molecule has 1 amide bonds. The van der Waals surface area contributed by atoms with E-state index >= 15 is 0 Å². The van der Waals surface area contributed by atoms with Gasteiger partial charge in [-0.3, -0.25) is 9.69 Å². The predicted octanol–water partition coefficient (Wildman–Crippen LogP) is 5.88. The van der Waals surface area contributed by atoms with Gasteiger partial charge in [-0.15, -0.1) is 0 Å². The van der Waals surface area contributed by atoms with E-state index in [1.54, 1.807) is 42.9 Å². The van der Waals surface area contributed by atoms with Gasteiger partial charge in [0.1, 0.15) is 6.33 Å². The number of benzene rings is 2. The highest BCUT2D eigenvalue weighted by Crippen LogP contribution is 2.34. The summed E-state index contributed by atoms with van der Waals surface area (Å²) in [6.07, 6.45) is 2.63. The fraction of sp³-hybridized carbons (Fsp3) is 0.300. The highest BCUT2D eigenvalue weighted by Gasteiger charge is 2.35. The fourth-order valence-electron chi connectivity index (χ4n) is 4.91. The molecule has 0 saturated carbocycles. The Morgan fingerprint density at radius 1 is 1.12 bits per heavy atom. The van der Waals surface area contributed by atoms with Gasteiger partial charge in [0.2, 0.25) is 5.95 Å². The summed E-state index contributed by atoms with van der Waals surface area (Å²) < 4.78 is 42.2. The topological polar surface area (TPSA) is 99.2 Å². The molecule has 1 fully saturated rings. The number of carbonyl (C=O) groups is 1. The number of nitrogens with zero attached hydrogens (tertiary/aromatic N) is 6. The lowest BCUT2D eigenvalue weighted by Gasteiger charge is -2.22. The van der Waals surface area contributed by atoms with Gasteiger partial charge < -0.3 is 15.5 Å². The number of amides is 1. The van der Waals surface area contributed by atoms with Crippen LogP contribution in [0, 0.1) is 6.92 Å². The summed E-state index contributed by atoms with van der Waals surface area (Å²) in [5.74, 6) is -0.318. The van der Waals surface area contributed by atoms with Crippen LogP contribution < -0.4 is 10.6 Å². The molecule has 0 unspecified atom stereocenters. The first-order valence-electron chi connectivity index (χ1n) is 13.4. The quantitative estimate of drug-likeness (QED) is 0.267. The number of aromatic nitrogens is 4. The highest BCUT2D eigenvalue weighted by molar-refractivity contribution is 6.04. The Morgan fingerprint density at radius 2 is 1.90 bits per heavy atom. The van der Waals surface area contributed by atoms with Crippen molar-refractivity contribution in [1.29, 1.82) is 0 Å². The Balaban J connectivity index is 0.00000264. The molecule has 3 heterocycles. The van der Waals surface area contributed by atoms with Crippen molar-refractivity contribution >= 4 is 23.2 Å². The van der Waals surface area contributed by atoms with Gasteiger partial charge in [-0.25, -0.2) is 19.9 Å². The van der Waals surface area contributed by atoms with Crippen LogP contribution in [0.25, 0.3) is 11.3 Å². The first-order chi connectivity index (χ1) is 20.1. The van der Waals surface area contributed by atoms with Gasteiger partial charge >= 0.3 is 6.18 Å². The first-order valence-corrected chi connectivity index (χ1v) is 13.4. The Labute approximate surface area is 244 Å². The van der Waals surface area contributed by atoms with E-state index in [0.29, 0.717) is 35.6 Å². The minimum Gasteiger partial charge on any atom is -0.324 e. The number of hydrogen-bond donors (Lipinski definition) is 2. The molecule has 0 aliphatic carbocycles. The van der Waals surface area contributed by atoms with Crippen LogP contribution in [0.1, 0.15) is 36.3 Å². The van der Waals surface area contributed by atoms with E-state index in [2.05, 4.69) is 35.5 Å². The Bertz CT molecular complexity index is 1570. The SMILES string of the molecule is Cc1ccc(NC(=O)c2ccc(CN3CC[C@H](N(C)C)C3)c(C(F)(F)F)c2)cc1Nc1nccc(-c2cncnc2)n1.[HH].[HH]. The lowest BCUT2D eigenvalue weighted by atomic mass is 10.0. The molecule has 1 aliphatic heterocycles. The maximum atomic E-state index is 14.1. The third kappa shape index (κ3) is 6.89. The molecule has 0 bridgehead atoms. The molecule has 5 rings (SSSR count). The van der Waals surface area contributed by atoms with Crippen molar-refractivity contribution in [3.8, 4) is 11.3 Å². The summed E-state index contributed by atoms with van der Waals surface area (Å²) in [7, 11) is 3.95. The van der Waals surface area contributed by atoms with E-state index in [1.807, 2.05) is 25.9 Å². The van der Waals surface area contributed by atoms with Gasteiger partial charge in [0.15, 0.2) is 0 Å². The van der Waals surface area contributed by atoms with Crippen molar-refractivity contribution in [3.63, 3.8) is 0 Å².